The molecule has 1 N–H and O–H groups in total. The van der Waals surface area contributed by atoms with Gasteiger partial charge in [0.1, 0.15) is 5.69 Å². The number of aromatic nitrogens is 2. The number of hydrogen-bond acceptors (Lipinski definition) is 4. The molecule has 1 aromatic heterocycles. The molecule has 0 spiro atoms. The van der Waals surface area contributed by atoms with Crippen molar-refractivity contribution in [3.8, 4) is 0 Å². The third-order valence-corrected chi connectivity index (χ3v) is 5.05. The predicted octanol–water partition coefficient (Wildman–Crippen LogP) is 0.281. The first kappa shape index (κ1) is 18.1. The van der Waals surface area contributed by atoms with Crippen molar-refractivity contribution >= 4 is 5.91 Å². The maximum atomic E-state index is 12.8. The van der Waals surface area contributed by atoms with E-state index in [1.807, 2.05) is 24.3 Å². The number of carbonyl (C=O) groups is 1. The maximum absolute atomic E-state index is 12.8. The zero-order valence-corrected chi connectivity index (χ0v) is 15.0. The second-order valence-corrected chi connectivity index (χ2v) is 6.85. The van der Waals surface area contributed by atoms with Crippen LogP contribution in [0.4, 0.5) is 0 Å². The summed E-state index contributed by atoms with van der Waals surface area (Å²) in [5, 5.41) is 9.10. The third kappa shape index (κ3) is 3.48. The Morgan fingerprint density at radius 1 is 1.12 bits per heavy atom. The molecule has 2 aromatic rings. The van der Waals surface area contributed by atoms with Crippen molar-refractivity contribution in [1.29, 1.82) is 0 Å². The smallest absolute Gasteiger partial charge is 0.331 e. The fraction of sp³-hybridized carbons (Fsp3) is 0.421. The molecule has 1 aliphatic heterocycles. The molecular formula is C19H23N3O4. The van der Waals surface area contributed by atoms with Gasteiger partial charge >= 0.3 is 5.69 Å². The molecule has 1 amide bonds. The molecule has 138 valence electrons. The molecule has 0 saturated carbocycles. The van der Waals surface area contributed by atoms with Crippen molar-refractivity contribution in [1.82, 2.24) is 14.0 Å². The quantitative estimate of drug-likeness (QED) is 0.852. The molecule has 2 heterocycles. The molecule has 1 fully saturated rings. The van der Waals surface area contributed by atoms with E-state index in [1.165, 1.54) is 30.3 Å². The van der Waals surface area contributed by atoms with Gasteiger partial charge in [0.25, 0.3) is 11.5 Å². The van der Waals surface area contributed by atoms with Gasteiger partial charge < -0.3 is 10.0 Å². The SMILES string of the molecule is Cn1c(C(=O)N2CCC(Cc3ccc(CO)cc3)C2)cc(=O)n(C)c1=O. The van der Waals surface area contributed by atoms with Crippen LogP contribution in [0.15, 0.2) is 39.9 Å². The van der Waals surface area contributed by atoms with E-state index >= 15 is 0 Å². The minimum Gasteiger partial charge on any atom is -0.392 e. The van der Waals surface area contributed by atoms with Crippen LogP contribution in [0.25, 0.3) is 0 Å². The molecule has 26 heavy (non-hydrogen) atoms. The molecule has 1 aromatic carbocycles. The molecule has 7 heteroatoms. The van der Waals surface area contributed by atoms with Gasteiger partial charge in [-0.25, -0.2) is 4.79 Å². The highest BCUT2D eigenvalue weighted by Crippen LogP contribution is 2.22. The molecule has 0 radical (unpaired) electrons. The maximum Gasteiger partial charge on any atom is 0.331 e. The van der Waals surface area contributed by atoms with Crippen molar-refractivity contribution in [3.63, 3.8) is 0 Å². The first-order valence-electron chi connectivity index (χ1n) is 8.65. The number of aliphatic hydroxyl groups excluding tert-OH is 1. The number of aliphatic hydroxyl groups is 1. The molecule has 7 nitrogen and oxygen atoms in total. The van der Waals surface area contributed by atoms with E-state index in [0.717, 1.165) is 23.0 Å². The fourth-order valence-electron chi connectivity index (χ4n) is 3.40. The first-order valence-corrected chi connectivity index (χ1v) is 8.65. The van der Waals surface area contributed by atoms with Gasteiger partial charge in [0.15, 0.2) is 0 Å². The zero-order valence-electron chi connectivity index (χ0n) is 15.0. The summed E-state index contributed by atoms with van der Waals surface area (Å²) in [4.78, 5) is 38.3. The molecule has 0 aliphatic carbocycles. The summed E-state index contributed by atoms with van der Waals surface area (Å²) in [6, 6.07) is 9.04. The third-order valence-electron chi connectivity index (χ3n) is 5.05. The van der Waals surface area contributed by atoms with Crippen LogP contribution in [0.3, 0.4) is 0 Å². The predicted molar refractivity (Wildman–Crippen MR) is 97.0 cm³/mol. The van der Waals surface area contributed by atoms with Crippen LogP contribution in [0, 0.1) is 5.92 Å². The van der Waals surface area contributed by atoms with E-state index in [-0.39, 0.29) is 18.2 Å². The van der Waals surface area contributed by atoms with Crippen LogP contribution in [0.2, 0.25) is 0 Å². The monoisotopic (exact) mass is 357 g/mol. The van der Waals surface area contributed by atoms with Gasteiger partial charge in [-0.15, -0.1) is 0 Å². The summed E-state index contributed by atoms with van der Waals surface area (Å²) in [5.74, 6) is 0.0583. The minimum absolute atomic E-state index is 0.0290. The van der Waals surface area contributed by atoms with Crippen LogP contribution < -0.4 is 11.2 Å². The van der Waals surface area contributed by atoms with Crippen LogP contribution in [0.1, 0.15) is 28.0 Å². The van der Waals surface area contributed by atoms with Crippen molar-refractivity contribution in [3.05, 3.63) is 68.0 Å². The Morgan fingerprint density at radius 3 is 2.42 bits per heavy atom. The number of hydrogen-bond donors (Lipinski definition) is 1. The highest BCUT2D eigenvalue weighted by atomic mass is 16.3. The van der Waals surface area contributed by atoms with E-state index in [2.05, 4.69) is 0 Å². The lowest BCUT2D eigenvalue weighted by molar-refractivity contribution is 0.0775. The highest BCUT2D eigenvalue weighted by Gasteiger charge is 2.28. The fourth-order valence-corrected chi connectivity index (χ4v) is 3.40. The topological polar surface area (TPSA) is 84.5 Å². The second-order valence-electron chi connectivity index (χ2n) is 6.85. The normalized spacial score (nSPS) is 16.9. The first-order chi connectivity index (χ1) is 12.4. The van der Waals surface area contributed by atoms with Gasteiger partial charge in [-0.3, -0.25) is 18.7 Å². The second kappa shape index (κ2) is 7.29. The average molecular weight is 357 g/mol. The Morgan fingerprint density at radius 2 is 1.77 bits per heavy atom. The summed E-state index contributed by atoms with van der Waals surface area (Å²) in [7, 11) is 2.90. The Labute approximate surface area is 151 Å². The Kier molecular flexibility index (Phi) is 5.08. The molecule has 0 bridgehead atoms. The van der Waals surface area contributed by atoms with E-state index in [1.54, 1.807) is 4.90 Å². The summed E-state index contributed by atoms with van der Waals surface area (Å²) in [6.45, 7) is 1.24. The van der Waals surface area contributed by atoms with Gasteiger partial charge in [-0.2, -0.15) is 0 Å². The van der Waals surface area contributed by atoms with Crippen LogP contribution in [0.5, 0.6) is 0 Å². The summed E-state index contributed by atoms with van der Waals surface area (Å²) in [6.07, 6.45) is 1.73. The van der Waals surface area contributed by atoms with Gasteiger partial charge in [-0.05, 0) is 29.9 Å². The van der Waals surface area contributed by atoms with Crippen molar-refractivity contribution < 1.29 is 9.90 Å². The molecule has 1 atom stereocenters. The van der Waals surface area contributed by atoms with Crippen molar-refractivity contribution in [2.75, 3.05) is 13.1 Å². The van der Waals surface area contributed by atoms with Crippen molar-refractivity contribution in [2.24, 2.45) is 20.0 Å². The highest BCUT2D eigenvalue weighted by molar-refractivity contribution is 5.92. The van der Waals surface area contributed by atoms with Gasteiger partial charge in [0.05, 0.1) is 6.61 Å². The minimum atomic E-state index is -0.499. The summed E-state index contributed by atoms with van der Waals surface area (Å²) < 4.78 is 2.21. The molecule has 3 rings (SSSR count). The van der Waals surface area contributed by atoms with Crippen LogP contribution in [-0.2, 0) is 27.1 Å². The lowest BCUT2D eigenvalue weighted by Crippen LogP contribution is -2.42. The number of benzene rings is 1. The Hall–Kier alpha value is -2.67. The van der Waals surface area contributed by atoms with Crippen molar-refractivity contribution in [2.45, 2.75) is 19.4 Å². The molecule has 1 unspecified atom stereocenters. The number of nitrogens with zero attached hydrogens (tertiary/aromatic N) is 3. The zero-order chi connectivity index (χ0) is 18.8. The van der Waals surface area contributed by atoms with Crippen LogP contribution in [-0.4, -0.2) is 38.1 Å². The summed E-state index contributed by atoms with van der Waals surface area (Å²) >= 11 is 0. The number of amides is 1. The molecule has 1 aliphatic rings. The number of likely N-dealkylation sites (tertiary alicyclic amines) is 1. The van der Waals surface area contributed by atoms with E-state index in [9.17, 15) is 14.4 Å². The van der Waals surface area contributed by atoms with E-state index in [0.29, 0.717) is 19.0 Å². The molecule has 1 saturated heterocycles. The van der Waals surface area contributed by atoms with E-state index < -0.39 is 11.2 Å². The molecular weight excluding hydrogens is 334 g/mol. The van der Waals surface area contributed by atoms with E-state index in [4.69, 9.17) is 5.11 Å². The average Bonchev–Trinajstić information content (AvgIpc) is 3.11. The van der Waals surface area contributed by atoms with Gasteiger partial charge in [-0.1, -0.05) is 24.3 Å². The van der Waals surface area contributed by atoms with Crippen LogP contribution >= 0.6 is 0 Å². The lowest BCUT2D eigenvalue weighted by atomic mass is 9.98. The van der Waals surface area contributed by atoms with Gasteiger partial charge in [0.2, 0.25) is 0 Å². The number of carbonyl (C=O) groups excluding carboxylic acids is 1. The Balaban J connectivity index is 1.71. The Bertz CT molecular complexity index is 927. The number of rotatable bonds is 4. The summed E-state index contributed by atoms with van der Waals surface area (Å²) in [5.41, 5.74) is 1.20. The lowest BCUT2D eigenvalue weighted by Gasteiger charge is -2.18. The standard InChI is InChI=1S/C19H23N3O4/c1-20-16(10-17(24)21(2)19(20)26)18(25)22-8-7-15(11-22)9-13-3-5-14(12-23)6-4-13/h3-6,10,15,23H,7-9,11-12H2,1-2H3. The largest absolute Gasteiger partial charge is 0.392 e. The van der Waals surface area contributed by atoms with Gasteiger partial charge in [0, 0.05) is 33.3 Å².